The fraction of sp³-hybridized carbons (Fsp3) is 0.688. The fourth-order valence-electron chi connectivity index (χ4n) is 2.51. The number of methoxy groups -OCH3 is 2. The van der Waals surface area contributed by atoms with Gasteiger partial charge in [0.25, 0.3) is 0 Å². The normalized spacial score (nSPS) is 14.3. The van der Waals surface area contributed by atoms with E-state index < -0.39 is 0 Å². The van der Waals surface area contributed by atoms with Crippen LogP contribution >= 0.6 is 0 Å². The molecule has 1 aromatic heterocycles. The van der Waals surface area contributed by atoms with E-state index in [-0.39, 0.29) is 12.1 Å². The molecular formula is C16H29N3O2. The summed E-state index contributed by atoms with van der Waals surface area (Å²) in [6.45, 7) is 5.36. The molecule has 5 nitrogen and oxygen atoms in total. The van der Waals surface area contributed by atoms with Crippen molar-refractivity contribution in [3.63, 3.8) is 0 Å². The molecule has 2 unspecified atom stereocenters. The Labute approximate surface area is 128 Å². The first-order valence-electron chi connectivity index (χ1n) is 7.62. The lowest BCUT2D eigenvalue weighted by atomic mass is 9.97. The number of rotatable bonds is 11. The third-order valence-electron chi connectivity index (χ3n) is 3.67. The van der Waals surface area contributed by atoms with Crippen LogP contribution in [0, 0.1) is 0 Å². The van der Waals surface area contributed by atoms with Gasteiger partial charge in [-0.05, 0) is 24.5 Å². The van der Waals surface area contributed by atoms with Gasteiger partial charge >= 0.3 is 0 Å². The van der Waals surface area contributed by atoms with E-state index in [1.807, 2.05) is 12.3 Å². The Morgan fingerprint density at radius 3 is 2.57 bits per heavy atom. The topological polar surface area (TPSA) is 60.6 Å². The molecule has 0 spiro atoms. The van der Waals surface area contributed by atoms with E-state index in [9.17, 15) is 0 Å². The summed E-state index contributed by atoms with van der Waals surface area (Å²) < 4.78 is 10.4. The quantitative estimate of drug-likeness (QED) is 0.631. The van der Waals surface area contributed by atoms with Crippen LogP contribution in [0.1, 0.15) is 31.4 Å². The maximum Gasteiger partial charge on any atom is 0.0589 e. The third kappa shape index (κ3) is 6.09. The van der Waals surface area contributed by atoms with Crippen molar-refractivity contribution in [3.05, 3.63) is 30.1 Å². The first-order chi connectivity index (χ1) is 10.2. The Morgan fingerprint density at radius 2 is 2.00 bits per heavy atom. The summed E-state index contributed by atoms with van der Waals surface area (Å²) in [6.07, 6.45) is 5.61. The largest absolute Gasteiger partial charge is 0.385 e. The van der Waals surface area contributed by atoms with E-state index in [1.165, 1.54) is 5.56 Å². The van der Waals surface area contributed by atoms with Gasteiger partial charge in [-0.15, -0.1) is 0 Å². The molecule has 0 amide bonds. The van der Waals surface area contributed by atoms with Gasteiger partial charge in [-0.25, -0.2) is 0 Å². The molecule has 0 radical (unpaired) electrons. The molecule has 1 rings (SSSR count). The van der Waals surface area contributed by atoms with Crippen molar-refractivity contribution in [2.45, 2.75) is 31.8 Å². The third-order valence-corrected chi connectivity index (χ3v) is 3.67. The molecule has 0 fully saturated rings. The Kier molecular flexibility index (Phi) is 9.17. The SMILES string of the molecule is CCC(N)C(c1cccnc1)N(CCCOC)CCOC. The van der Waals surface area contributed by atoms with Crippen molar-refractivity contribution in [1.29, 1.82) is 0 Å². The molecule has 0 aromatic carbocycles. The predicted octanol–water partition coefficient (Wildman–Crippen LogP) is 1.84. The number of hydrogen-bond donors (Lipinski definition) is 1. The monoisotopic (exact) mass is 295 g/mol. The number of nitrogens with zero attached hydrogens (tertiary/aromatic N) is 2. The average Bonchev–Trinajstić information content (AvgIpc) is 2.53. The lowest BCUT2D eigenvalue weighted by molar-refractivity contribution is 0.0951. The minimum absolute atomic E-state index is 0.0774. The molecule has 0 bridgehead atoms. The van der Waals surface area contributed by atoms with Crippen LogP contribution in [0.15, 0.2) is 24.5 Å². The second-order valence-corrected chi connectivity index (χ2v) is 5.18. The van der Waals surface area contributed by atoms with Crippen LogP contribution in [0.2, 0.25) is 0 Å². The summed E-state index contributed by atoms with van der Waals surface area (Å²) in [5.41, 5.74) is 7.55. The Bertz CT molecular complexity index is 362. The van der Waals surface area contributed by atoms with Gasteiger partial charge in [0.1, 0.15) is 0 Å². The number of ether oxygens (including phenoxy) is 2. The molecule has 120 valence electrons. The maximum atomic E-state index is 6.38. The van der Waals surface area contributed by atoms with Crippen molar-refractivity contribution in [3.8, 4) is 0 Å². The van der Waals surface area contributed by atoms with Gasteiger partial charge in [0.15, 0.2) is 0 Å². The van der Waals surface area contributed by atoms with Gasteiger partial charge < -0.3 is 15.2 Å². The minimum Gasteiger partial charge on any atom is -0.385 e. The molecule has 0 aliphatic heterocycles. The van der Waals surface area contributed by atoms with Gasteiger partial charge in [0, 0.05) is 52.4 Å². The summed E-state index contributed by atoms with van der Waals surface area (Å²) >= 11 is 0. The minimum atomic E-state index is 0.0774. The van der Waals surface area contributed by atoms with Gasteiger partial charge in [-0.1, -0.05) is 13.0 Å². The van der Waals surface area contributed by atoms with Crippen LogP contribution < -0.4 is 5.73 Å². The van der Waals surface area contributed by atoms with Crippen molar-refractivity contribution >= 4 is 0 Å². The summed E-state index contributed by atoms with van der Waals surface area (Å²) in [7, 11) is 3.46. The Hall–Kier alpha value is -1.01. The molecule has 1 aromatic rings. The average molecular weight is 295 g/mol. The highest BCUT2D eigenvalue weighted by atomic mass is 16.5. The zero-order valence-electron chi connectivity index (χ0n) is 13.5. The van der Waals surface area contributed by atoms with Crippen LogP contribution in [-0.2, 0) is 9.47 Å². The molecule has 2 N–H and O–H groups in total. The highest BCUT2D eigenvalue weighted by Crippen LogP contribution is 2.24. The molecule has 0 saturated heterocycles. The van der Waals surface area contributed by atoms with Gasteiger partial charge in [-0.2, -0.15) is 0 Å². The van der Waals surface area contributed by atoms with Crippen molar-refractivity contribution in [1.82, 2.24) is 9.88 Å². The fourth-order valence-corrected chi connectivity index (χ4v) is 2.51. The molecule has 5 heteroatoms. The molecule has 0 aliphatic carbocycles. The number of nitrogens with two attached hydrogens (primary N) is 1. The van der Waals surface area contributed by atoms with E-state index in [0.717, 1.165) is 32.5 Å². The van der Waals surface area contributed by atoms with E-state index in [0.29, 0.717) is 6.61 Å². The van der Waals surface area contributed by atoms with E-state index in [2.05, 4.69) is 22.9 Å². The molecule has 21 heavy (non-hydrogen) atoms. The van der Waals surface area contributed by atoms with Crippen molar-refractivity contribution in [2.24, 2.45) is 5.73 Å². The second kappa shape index (κ2) is 10.7. The molecule has 0 saturated carbocycles. The zero-order valence-corrected chi connectivity index (χ0v) is 13.5. The Morgan fingerprint density at radius 1 is 1.24 bits per heavy atom. The van der Waals surface area contributed by atoms with Crippen LogP contribution in [0.3, 0.4) is 0 Å². The first-order valence-corrected chi connectivity index (χ1v) is 7.62. The van der Waals surface area contributed by atoms with Gasteiger partial charge in [-0.3, -0.25) is 9.88 Å². The lowest BCUT2D eigenvalue weighted by Crippen LogP contribution is -2.43. The summed E-state index contributed by atoms with van der Waals surface area (Å²) in [5, 5.41) is 0. The summed E-state index contributed by atoms with van der Waals surface area (Å²) in [6, 6.07) is 4.31. The van der Waals surface area contributed by atoms with Crippen molar-refractivity contribution < 1.29 is 9.47 Å². The Balaban J connectivity index is 2.87. The van der Waals surface area contributed by atoms with Crippen molar-refractivity contribution in [2.75, 3.05) is 40.5 Å². The molecule has 1 heterocycles. The molecule has 0 aliphatic rings. The number of hydrogen-bond acceptors (Lipinski definition) is 5. The van der Waals surface area contributed by atoms with Gasteiger partial charge in [0.2, 0.25) is 0 Å². The number of aromatic nitrogens is 1. The highest BCUT2D eigenvalue weighted by Gasteiger charge is 2.25. The van der Waals surface area contributed by atoms with Crippen LogP contribution in [0.4, 0.5) is 0 Å². The highest BCUT2D eigenvalue weighted by molar-refractivity contribution is 5.16. The van der Waals surface area contributed by atoms with Crippen LogP contribution in [0.5, 0.6) is 0 Å². The zero-order chi connectivity index (χ0) is 15.5. The summed E-state index contributed by atoms with van der Waals surface area (Å²) in [4.78, 5) is 6.63. The van der Waals surface area contributed by atoms with E-state index >= 15 is 0 Å². The molecule has 2 atom stereocenters. The predicted molar refractivity (Wildman–Crippen MR) is 85.2 cm³/mol. The molecular weight excluding hydrogens is 266 g/mol. The second-order valence-electron chi connectivity index (χ2n) is 5.18. The van der Waals surface area contributed by atoms with E-state index in [4.69, 9.17) is 15.2 Å². The lowest BCUT2D eigenvalue weighted by Gasteiger charge is -2.35. The maximum absolute atomic E-state index is 6.38. The first kappa shape index (κ1) is 18.0. The summed E-state index contributed by atoms with van der Waals surface area (Å²) in [5.74, 6) is 0. The van der Waals surface area contributed by atoms with Gasteiger partial charge in [0.05, 0.1) is 12.6 Å². The standard InChI is InChI=1S/C16H29N3O2/c1-4-15(17)16(14-7-5-8-18-13-14)19(10-12-21-3)9-6-11-20-2/h5,7-8,13,15-16H,4,6,9-12,17H2,1-3H3. The smallest absolute Gasteiger partial charge is 0.0589 e. The van der Waals surface area contributed by atoms with Crippen LogP contribution in [-0.4, -0.2) is 56.4 Å². The number of pyridine rings is 1. The van der Waals surface area contributed by atoms with E-state index in [1.54, 1.807) is 20.4 Å². The van der Waals surface area contributed by atoms with Crippen LogP contribution in [0.25, 0.3) is 0 Å².